The average Bonchev–Trinajstić information content (AvgIpc) is 2.40. The minimum absolute atomic E-state index is 0.0333. The van der Waals surface area contributed by atoms with E-state index in [1.807, 2.05) is 13.0 Å². The van der Waals surface area contributed by atoms with Crippen LogP contribution in [0.5, 0.6) is 11.6 Å². The van der Waals surface area contributed by atoms with Crippen molar-refractivity contribution in [2.75, 3.05) is 12.0 Å². The van der Waals surface area contributed by atoms with E-state index in [2.05, 4.69) is 4.98 Å². The maximum Gasteiger partial charge on any atom is 0.238 e. The number of nitrogens with zero attached hydrogens (tertiary/aromatic N) is 1. The summed E-state index contributed by atoms with van der Waals surface area (Å²) in [7, 11) is -3.41. The van der Waals surface area contributed by atoms with Gasteiger partial charge in [-0.25, -0.2) is 13.4 Å². The van der Waals surface area contributed by atoms with Crippen LogP contribution in [0.25, 0.3) is 0 Å². The highest BCUT2D eigenvalue weighted by Crippen LogP contribution is 2.30. The summed E-state index contributed by atoms with van der Waals surface area (Å²) < 4.78 is 28.9. The smallest absolute Gasteiger partial charge is 0.238 e. The summed E-state index contributed by atoms with van der Waals surface area (Å²) >= 11 is 0. The van der Waals surface area contributed by atoms with Crippen LogP contribution in [0, 0.1) is 0 Å². The van der Waals surface area contributed by atoms with Crippen LogP contribution in [0.15, 0.2) is 41.4 Å². The third kappa shape index (κ3) is 3.08. The van der Waals surface area contributed by atoms with Gasteiger partial charge in [-0.05, 0) is 36.2 Å². The van der Waals surface area contributed by atoms with Crippen LogP contribution < -0.4 is 10.5 Å². The molecule has 0 saturated carbocycles. The van der Waals surface area contributed by atoms with Crippen molar-refractivity contribution < 1.29 is 13.2 Å². The number of pyridine rings is 1. The van der Waals surface area contributed by atoms with Crippen molar-refractivity contribution in [1.29, 1.82) is 0 Å². The van der Waals surface area contributed by atoms with E-state index < -0.39 is 9.84 Å². The summed E-state index contributed by atoms with van der Waals surface area (Å²) in [5.41, 5.74) is 7.44. The molecule has 0 unspecified atom stereocenters. The zero-order valence-corrected chi connectivity index (χ0v) is 12.1. The fourth-order valence-electron chi connectivity index (χ4n) is 1.75. The number of rotatable bonds is 4. The molecule has 106 valence electrons. The standard InChI is InChI=1S/C14H16N2O3S/c1-3-10-6-7-12(11(15)9-10)19-14-13(20(2,17)18)5-4-8-16-14/h4-9H,3,15H2,1-2H3. The third-order valence-corrected chi connectivity index (χ3v) is 3.93. The van der Waals surface area contributed by atoms with Crippen LogP contribution in [0.1, 0.15) is 12.5 Å². The minimum Gasteiger partial charge on any atom is -0.436 e. The summed E-state index contributed by atoms with van der Waals surface area (Å²) in [4.78, 5) is 4.01. The van der Waals surface area contributed by atoms with Gasteiger partial charge in [0.25, 0.3) is 0 Å². The summed E-state index contributed by atoms with van der Waals surface area (Å²) in [6.07, 6.45) is 3.45. The normalized spacial score (nSPS) is 11.3. The predicted octanol–water partition coefficient (Wildman–Crippen LogP) is 2.42. The quantitative estimate of drug-likeness (QED) is 0.875. The Bertz CT molecular complexity index is 727. The second kappa shape index (κ2) is 5.50. The Balaban J connectivity index is 2.41. The maximum absolute atomic E-state index is 11.7. The molecule has 0 atom stereocenters. The fraction of sp³-hybridized carbons (Fsp3) is 0.214. The first-order valence-corrected chi connectivity index (χ1v) is 8.02. The molecule has 0 radical (unpaired) electrons. The number of aromatic nitrogens is 1. The SMILES string of the molecule is CCc1ccc(Oc2ncccc2S(C)(=O)=O)c(N)c1. The van der Waals surface area contributed by atoms with Crippen LogP contribution in [-0.4, -0.2) is 19.7 Å². The fourth-order valence-corrected chi connectivity index (χ4v) is 2.49. The first-order valence-electron chi connectivity index (χ1n) is 6.13. The molecule has 0 saturated heterocycles. The molecule has 20 heavy (non-hydrogen) atoms. The number of aryl methyl sites for hydroxylation is 1. The van der Waals surface area contributed by atoms with Gasteiger partial charge in [-0.3, -0.25) is 0 Å². The molecule has 2 aromatic rings. The lowest BCUT2D eigenvalue weighted by Gasteiger charge is -2.11. The molecule has 0 amide bonds. The summed E-state index contributed by atoms with van der Waals surface area (Å²) in [5.74, 6) is 0.428. The Kier molecular flexibility index (Phi) is 3.94. The number of nitrogens with two attached hydrogens (primary N) is 1. The highest BCUT2D eigenvalue weighted by atomic mass is 32.2. The monoisotopic (exact) mass is 292 g/mol. The molecule has 1 aromatic heterocycles. The van der Waals surface area contributed by atoms with Gasteiger partial charge in [-0.15, -0.1) is 0 Å². The van der Waals surface area contributed by atoms with E-state index in [9.17, 15) is 8.42 Å². The van der Waals surface area contributed by atoms with E-state index in [1.54, 1.807) is 18.2 Å². The summed E-state index contributed by atoms with van der Waals surface area (Å²) in [6, 6.07) is 8.41. The van der Waals surface area contributed by atoms with Gasteiger partial charge in [-0.1, -0.05) is 13.0 Å². The largest absolute Gasteiger partial charge is 0.436 e. The van der Waals surface area contributed by atoms with E-state index in [1.165, 1.54) is 12.3 Å². The van der Waals surface area contributed by atoms with Crippen molar-refractivity contribution in [1.82, 2.24) is 4.98 Å². The van der Waals surface area contributed by atoms with Crippen molar-refractivity contribution in [2.45, 2.75) is 18.2 Å². The highest BCUT2D eigenvalue weighted by Gasteiger charge is 2.16. The zero-order valence-electron chi connectivity index (χ0n) is 11.3. The Hall–Kier alpha value is -2.08. The van der Waals surface area contributed by atoms with Gasteiger partial charge in [0.2, 0.25) is 5.88 Å². The van der Waals surface area contributed by atoms with Crippen LogP contribution in [-0.2, 0) is 16.3 Å². The molecule has 0 spiro atoms. The van der Waals surface area contributed by atoms with Gasteiger partial charge in [-0.2, -0.15) is 0 Å². The molecule has 0 aliphatic rings. The molecular formula is C14H16N2O3S. The van der Waals surface area contributed by atoms with Gasteiger partial charge in [0.15, 0.2) is 15.6 Å². The molecule has 2 rings (SSSR count). The Morgan fingerprint density at radius 3 is 2.65 bits per heavy atom. The maximum atomic E-state index is 11.7. The average molecular weight is 292 g/mol. The van der Waals surface area contributed by atoms with Gasteiger partial charge in [0.05, 0.1) is 5.69 Å². The number of nitrogen functional groups attached to an aromatic ring is 1. The predicted molar refractivity (Wildman–Crippen MR) is 77.7 cm³/mol. The van der Waals surface area contributed by atoms with Gasteiger partial charge < -0.3 is 10.5 Å². The lowest BCUT2D eigenvalue weighted by Crippen LogP contribution is -2.03. The van der Waals surface area contributed by atoms with Crippen molar-refractivity contribution in [2.24, 2.45) is 0 Å². The second-order valence-corrected chi connectivity index (χ2v) is 6.39. The van der Waals surface area contributed by atoms with Gasteiger partial charge >= 0.3 is 0 Å². The number of hydrogen-bond acceptors (Lipinski definition) is 5. The number of benzene rings is 1. The molecule has 0 fully saturated rings. The Labute approximate surface area is 118 Å². The molecular weight excluding hydrogens is 276 g/mol. The summed E-state index contributed by atoms with van der Waals surface area (Å²) in [5, 5.41) is 0. The number of anilines is 1. The molecule has 0 bridgehead atoms. The first-order chi connectivity index (χ1) is 9.41. The van der Waals surface area contributed by atoms with Crippen LogP contribution in [0.2, 0.25) is 0 Å². The van der Waals surface area contributed by atoms with Crippen LogP contribution in [0.4, 0.5) is 5.69 Å². The summed E-state index contributed by atoms with van der Waals surface area (Å²) in [6.45, 7) is 2.02. The first kappa shape index (κ1) is 14.3. The Morgan fingerprint density at radius 1 is 1.30 bits per heavy atom. The number of sulfone groups is 1. The molecule has 1 aromatic carbocycles. The zero-order chi connectivity index (χ0) is 14.8. The molecule has 0 aliphatic carbocycles. The molecule has 2 N–H and O–H groups in total. The van der Waals surface area contributed by atoms with Crippen LogP contribution in [0.3, 0.4) is 0 Å². The molecule has 6 heteroatoms. The Morgan fingerprint density at radius 2 is 2.05 bits per heavy atom. The lowest BCUT2D eigenvalue weighted by atomic mass is 10.1. The van der Waals surface area contributed by atoms with Gasteiger partial charge in [0.1, 0.15) is 4.90 Å². The van der Waals surface area contributed by atoms with E-state index >= 15 is 0 Å². The lowest BCUT2D eigenvalue weighted by molar-refractivity contribution is 0.449. The second-order valence-electron chi connectivity index (χ2n) is 4.41. The highest BCUT2D eigenvalue weighted by molar-refractivity contribution is 7.90. The van der Waals surface area contributed by atoms with Crippen molar-refractivity contribution in [3.05, 3.63) is 42.1 Å². The minimum atomic E-state index is -3.41. The van der Waals surface area contributed by atoms with Gasteiger partial charge in [0, 0.05) is 12.5 Å². The van der Waals surface area contributed by atoms with E-state index in [-0.39, 0.29) is 10.8 Å². The third-order valence-electron chi connectivity index (χ3n) is 2.82. The topological polar surface area (TPSA) is 82.3 Å². The van der Waals surface area contributed by atoms with Crippen molar-refractivity contribution >= 4 is 15.5 Å². The molecule has 5 nitrogen and oxygen atoms in total. The van der Waals surface area contributed by atoms with E-state index in [0.29, 0.717) is 11.4 Å². The molecule has 0 aliphatic heterocycles. The number of hydrogen-bond donors (Lipinski definition) is 1. The van der Waals surface area contributed by atoms with E-state index in [0.717, 1.165) is 18.2 Å². The number of ether oxygens (including phenoxy) is 1. The van der Waals surface area contributed by atoms with Crippen molar-refractivity contribution in [3.63, 3.8) is 0 Å². The van der Waals surface area contributed by atoms with E-state index in [4.69, 9.17) is 10.5 Å². The van der Waals surface area contributed by atoms with Crippen molar-refractivity contribution in [3.8, 4) is 11.6 Å². The molecule has 1 heterocycles. The van der Waals surface area contributed by atoms with Crippen LogP contribution >= 0.6 is 0 Å².